The second kappa shape index (κ2) is 6.29. The molecule has 6 nitrogen and oxygen atoms in total. The van der Waals surface area contributed by atoms with Gasteiger partial charge in [0.05, 0.1) is 26.0 Å². The number of rotatable bonds is 5. The lowest BCUT2D eigenvalue weighted by atomic mass is 10.2. The lowest BCUT2D eigenvalue weighted by molar-refractivity contribution is -0.139. The molecule has 0 bridgehead atoms. The van der Waals surface area contributed by atoms with Crippen molar-refractivity contribution in [3.63, 3.8) is 0 Å². The predicted octanol–water partition coefficient (Wildman–Crippen LogP) is 1.31. The van der Waals surface area contributed by atoms with Gasteiger partial charge in [-0.15, -0.1) is 5.53 Å². The predicted molar refractivity (Wildman–Crippen MR) is 74.1 cm³/mol. The largest absolute Gasteiger partial charge is 0.497 e. The number of carbonyl (C=O) groups is 1. The maximum Gasteiger partial charge on any atom is 0.357 e. The zero-order valence-corrected chi connectivity index (χ0v) is 11.9. The maximum absolute atomic E-state index is 11.7. The van der Waals surface area contributed by atoms with Crippen LogP contribution in [0.3, 0.4) is 0 Å². The number of nitrogens with zero attached hydrogens (tertiary/aromatic N) is 1. The first-order valence-electron chi connectivity index (χ1n) is 6.45. The molecule has 1 aliphatic heterocycles. The highest BCUT2D eigenvalue weighted by molar-refractivity contribution is 5.88. The van der Waals surface area contributed by atoms with E-state index in [1.807, 2.05) is 36.2 Å². The molecule has 108 valence electrons. The molecule has 0 saturated carbocycles. The van der Waals surface area contributed by atoms with Crippen LogP contribution < -0.4 is 15.7 Å². The van der Waals surface area contributed by atoms with Gasteiger partial charge >= 0.3 is 5.97 Å². The van der Waals surface area contributed by atoms with Crippen LogP contribution in [0.5, 0.6) is 5.75 Å². The summed E-state index contributed by atoms with van der Waals surface area (Å²) in [4.78, 5) is 11.7. The standard InChI is InChI=1S/C14H19N3O3/c1-4-20-14(18)13-10(2)17(16-15-13)9-11-5-7-12(19-3)8-6-11/h5-8,15-16H,4,9H2,1-3H3. The second-order valence-corrected chi connectivity index (χ2v) is 4.35. The van der Waals surface area contributed by atoms with Crippen LogP contribution in [-0.2, 0) is 16.1 Å². The molecular formula is C14H19N3O3. The van der Waals surface area contributed by atoms with Crippen LogP contribution in [0.4, 0.5) is 0 Å². The first kappa shape index (κ1) is 14.2. The Morgan fingerprint density at radius 3 is 2.60 bits per heavy atom. The van der Waals surface area contributed by atoms with Crippen LogP contribution in [0.1, 0.15) is 19.4 Å². The molecule has 0 fully saturated rings. The molecule has 0 unspecified atom stereocenters. The van der Waals surface area contributed by atoms with Crippen LogP contribution >= 0.6 is 0 Å². The van der Waals surface area contributed by atoms with Crippen molar-refractivity contribution >= 4 is 5.97 Å². The van der Waals surface area contributed by atoms with Crippen LogP contribution in [0.15, 0.2) is 35.7 Å². The summed E-state index contributed by atoms with van der Waals surface area (Å²) in [5, 5.41) is 1.86. The number of esters is 1. The summed E-state index contributed by atoms with van der Waals surface area (Å²) in [6, 6.07) is 7.78. The Balaban J connectivity index is 2.05. The van der Waals surface area contributed by atoms with Gasteiger partial charge in [0, 0.05) is 0 Å². The summed E-state index contributed by atoms with van der Waals surface area (Å²) in [5.74, 6) is 0.468. The van der Waals surface area contributed by atoms with E-state index in [-0.39, 0.29) is 5.97 Å². The van der Waals surface area contributed by atoms with Gasteiger partial charge in [0.25, 0.3) is 0 Å². The third-order valence-electron chi connectivity index (χ3n) is 3.06. The number of methoxy groups -OCH3 is 1. The monoisotopic (exact) mass is 277 g/mol. The Hall–Kier alpha value is -2.21. The molecule has 20 heavy (non-hydrogen) atoms. The number of allylic oxidation sites excluding steroid dienone is 1. The number of nitrogens with one attached hydrogen (secondary N) is 2. The van der Waals surface area contributed by atoms with Gasteiger partial charge in [-0.3, -0.25) is 10.4 Å². The van der Waals surface area contributed by atoms with Gasteiger partial charge in [0.15, 0.2) is 5.70 Å². The number of benzene rings is 1. The lowest BCUT2D eigenvalue weighted by Crippen LogP contribution is -2.37. The summed E-state index contributed by atoms with van der Waals surface area (Å²) in [7, 11) is 1.64. The SMILES string of the molecule is CCOC(=O)C1=C(C)N(Cc2ccc(OC)cc2)NN1. The average Bonchev–Trinajstić information content (AvgIpc) is 2.81. The number of hydrogen-bond donors (Lipinski definition) is 2. The molecule has 1 aromatic rings. The highest BCUT2D eigenvalue weighted by Crippen LogP contribution is 2.18. The molecule has 1 aliphatic rings. The minimum absolute atomic E-state index is 0.352. The van der Waals surface area contributed by atoms with Gasteiger partial charge in [-0.05, 0) is 31.5 Å². The number of ether oxygens (including phenoxy) is 2. The molecule has 0 saturated heterocycles. The van der Waals surface area contributed by atoms with Crippen molar-refractivity contribution in [2.24, 2.45) is 0 Å². The fourth-order valence-electron chi connectivity index (χ4n) is 1.91. The van der Waals surface area contributed by atoms with Crippen molar-refractivity contribution < 1.29 is 14.3 Å². The van der Waals surface area contributed by atoms with Crippen LogP contribution in [0.25, 0.3) is 0 Å². The minimum Gasteiger partial charge on any atom is -0.497 e. The van der Waals surface area contributed by atoms with E-state index in [0.717, 1.165) is 17.0 Å². The number of carbonyl (C=O) groups excluding carboxylic acids is 1. The van der Waals surface area contributed by atoms with E-state index in [1.54, 1.807) is 14.0 Å². The molecule has 6 heteroatoms. The Morgan fingerprint density at radius 2 is 2.00 bits per heavy atom. The maximum atomic E-state index is 11.7. The highest BCUT2D eigenvalue weighted by atomic mass is 16.5. The van der Waals surface area contributed by atoms with Gasteiger partial charge in [0.1, 0.15) is 5.75 Å². The molecule has 0 spiro atoms. The third kappa shape index (κ3) is 3.03. The van der Waals surface area contributed by atoms with Crippen LogP contribution in [0, 0.1) is 0 Å². The third-order valence-corrected chi connectivity index (χ3v) is 3.06. The highest BCUT2D eigenvalue weighted by Gasteiger charge is 2.24. The van der Waals surface area contributed by atoms with Crippen molar-refractivity contribution in [2.75, 3.05) is 13.7 Å². The van der Waals surface area contributed by atoms with E-state index in [0.29, 0.717) is 18.8 Å². The molecule has 0 aliphatic carbocycles. The van der Waals surface area contributed by atoms with Crippen molar-refractivity contribution in [3.8, 4) is 5.75 Å². The van der Waals surface area contributed by atoms with Crippen molar-refractivity contribution in [2.45, 2.75) is 20.4 Å². The minimum atomic E-state index is -0.352. The van der Waals surface area contributed by atoms with E-state index in [9.17, 15) is 4.79 Å². The van der Waals surface area contributed by atoms with E-state index in [1.165, 1.54) is 0 Å². The fraction of sp³-hybridized carbons (Fsp3) is 0.357. The van der Waals surface area contributed by atoms with E-state index in [4.69, 9.17) is 9.47 Å². The first-order chi connectivity index (χ1) is 9.65. The molecular weight excluding hydrogens is 258 g/mol. The summed E-state index contributed by atoms with van der Waals surface area (Å²) in [5.41, 5.74) is 8.14. The summed E-state index contributed by atoms with van der Waals surface area (Å²) in [6.07, 6.45) is 0. The smallest absolute Gasteiger partial charge is 0.357 e. The lowest BCUT2D eigenvalue weighted by Gasteiger charge is -2.18. The van der Waals surface area contributed by atoms with E-state index in [2.05, 4.69) is 11.0 Å². The Labute approximate surface area is 118 Å². The zero-order chi connectivity index (χ0) is 14.5. The molecule has 1 heterocycles. The van der Waals surface area contributed by atoms with E-state index < -0.39 is 0 Å². The molecule has 2 N–H and O–H groups in total. The zero-order valence-electron chi connectivity index (χ0n) is 11.9. The Kier molecular flexibility index (Phi) is 4.47. The van der Waals surface area contributed by atoms with Gasteiger partial charge < -0.3 is 9.47 Å². The summed E-state index contributed by atoms with van der Waals surface area (Å²) in [6.45, 7) is 4.63. The quantitative estimate of drug-likeness (QED) is 0.791. The second-order valence-electron chi connectivity index (χ2n) is 4.35. The molecule has 0 radical (unpaired) electrons. The summed E-state index contributed by atoms with van der Waals surface area (Å²) >= 11 is 0. The molecule has 0 aromatic heterocycles. The summed E-state index contributed by atoms with van der Waals surface area (Å²) < 4.78 is 10.1. The fourth-order valence-corrected chi connectivity index (χ4v) is 1.91. The van der Waals surface area contributed by atoms with Crippen LogP contribution in [-0.4, -0.2) is 24.7 Å². The van der Waals surface area contributed by atoms with Gasteiger partial charge in [-0.25, -0.2) is 4.79 Å². The van der Waals surface area contributed by atoms with Crippen molar-refractivity contribution in [3.05, 3.63) is 41.2 Å². The average molecular weight is 277 g/mol. The molecule has 0 amide bonds. The van der Waals surface area contributed by atoms with Gasteiger partial charge in [-0.1, -0.05) is 12.1 Å². The molecule has 1 aromatic carbocycles. The normalized spacial score (nSPS) is 14.2. The Morgan fingerprint density at radius 1 is 1.30 bits per heavy atom. The van der Waals surface area contributed by atoms with Crippen LogP contribution in [0.2, 0.25) is 0 Å². The molecule has 0 atom stereocenters. The topological polar surface area (TPSA) is 62.8 Å². The Bertz CT molecular complexity index is 511. The first-order valence-corrected chi connectivity index (χ1v) is 6.45. The van der Waals surface area contributed by atoms with Gasteiger partial charge in [0.2, 0.25) is 0 Å². The number of hydrogen-bond acceptors (Lipinski definition) is 6. The van der Waals surface area contributed by atoms with Crippen molar-refractivity contribution in [1.82, 2.24) is 16.0 Å². The molecule has 2 rings (SSSR count). The van der Waals surface area contributed by atoms with Gasteiger partial charge in [-0.2, -0.15) is 0 Å². The van der Waals surface area contributed by atoms with Crippen molar-refractivity contribution in [1.29, 1.82) is 0 Å². The number of hydrazine groups is 2. The van der Waals surface area contributed by atoms with E-state index >= 15 is 0 Å².